The molecular formula is C18H22ClN. The van der Waals surface area contributed by atoms with Crippen LogP contribution in [0.5, 0.6) is 0 Å². The number of nitrogens with one attached hydrogen (secondary N) is 1. The van der Waals surface area contributed by atoms with E-state index in [-0.39, 0.29) is 5.41 Å². The number of halogens is 1. The Bertz CT molecular complexity index is 614. The summed E-state index contributed by atoms with van der Waals surface area (Å²) >= 11 is 6.32. The van der Waals surface area contributed by atoms with Crippen molar-refractivity contribution in [3.05, 3.63) is 47.0 Å². The minimum atomic E-state index is 0.159. The van der Waals surface area contributed by atoms with Crippen LogP contribution in [0.25, 0.3) is 10.8 Å². The Hall–Kier alpha value is -1.05. The minimum Gasteiger partial charge on any atom is -0.314 e. The van der Waals surface area contributed by atoms with Gasteiger partial charge in [0.2, 0.25) is 0 Å². The molecule has 0 radical (unpaired) electrons. The van der Waals surface area contributed by atoms with Gasteiger partial charge in [-0.15, -0.1) is 0 Å². The average Bonchev–Trinajstić information content (AvgIpc) is 3.23. The smallest absolute Gasteiger partial charge is 0.0484 e. The summed E-state index contributed by atoms with van der Waals surface area (Å²) in [5.41, 5.74) is 1.56. The number of benzene rings is 2. The standard InChI is InChI=1S/C18H22ClN/c1-18(2,11-12-20-13-7-8-13)16-9-10-17(19)15-6-4-3-5-14(15)16/h3-6,9-10,13,20H,7-8,11-12H2,1-2H3. The van der Waals surface area contributed by atoms with E-state index in [2.05, 4.69) is 49.5 Å². The Morgan fingerprint density at radius 3 is 2.50 bits per heavy atom. The highest BCUT2D eigenvalue weighted by molar-refractivity contribution is 6.35. The Balaban J connectivity index is 1.89. The van der Waals surface area contributed by atoms with Gasteiger partial charge in [0.25, 0.3) is 0 Å². The highest BCUT2D eigenvalue weighted by Crippen LogP contribution is 2.35. The quantitative estimate of drug-likeness (QED) is 0.824. The molecule has 2 aromatic carbocycles. The summed E-state index contributed by atoms with van der Waals surface area (Å²) < 4.78 is 0. The van der Waals surface area contributed by atoms with E-state index in [4.69, 9.17) is 11.6 Å². The predicted octanol–water partition coefficient (Wildman–Crippen LogP) is 4.91. The van der Waals surface area contributed by atoms with Gasteiger partial charge in [-0.05, 0) is 48.2 Å². The number of rotatable bonds is 5. The van der Waals surface area contributed by atoms with E-state index in [9.17, 15) is 0 Å². The van der Waals surface area contributed by atoms with Crippen LogP contribution in [0.4, 0.5) is 0 Å². The molecule has 0 aliphatic heterocycles. The Labute approximate surface area is 126 Å². The summed E-state index contributed by atoms with van der Waals surface area (Å²) in [4.78, 5) is 0. The molecule has 0 aromatic heterocycles. The predicted molar refractivity (Wildman–Crippen MR) is 87.6 cm³/mol. The molecule has 2 aromatic rings. The molecule has 0 heterocycles. The monoisotopic (exact) mass is 287 g/mol. The Morgan fingerprint density at radius 1 is 1.10 bits per heavy atom. The van der Waals surface area contributed by atoms with Crippen molar-refractivity contribution in [2.75, 3.05) is 6.54 Å². The van der Waals surface area contributed by atoms with Crippen molar-refractivity contribution in [1.29, 1.82) is 0 Å². The molecule has 1 N–H and O–H groups in total. The van der Waals surface area contributed by atoms with Gasteiger partial charge in [0.1, 0.15) is 0 Å². The van der Waals surface area contributed by atoms with Gasteiger partial charge in [-0.2, -0.15) is 0 Å². The summed E-state index contributed by atoms with van der Waals surface area (Å²) in [5.74, 6) is 0. The van der Waals surface area contributed by atoms with Crippen molar-refractivity contribution in [3.63, 3.8) is 0 Å². The van der Waals surface area contributed by atoms with Crippen LogP contribution in [0.15, 0.2) is 36.4 Å². The third kappa shape index (κ3) is 2.84. The molecule has 0 bridgehead atoms. The summed E-state index contributed by atoms with van der Waals surface area (Å²) in [6.45, 7) is 5.75. The Kier molecular flexibility index (Phi) is 3.74. The lowest BCUT2D eigenvalue weighted by molar-refractivity contribution is 0.459. The SMILES string of the molecule is CC(C)(CCNC1CC1)c1ccc(Cl)c2ccccc12. The number of fused-ring (bicyclic) bond motifs is 1. The van der Waals surface area contributed by atoms with Crippen LogP contribution >= 0.6 is 11.6 Å². The van der Waals surface area contributed by atoms with Crippen molar-refractivity contribution < 1.29 is 0 Å². The first-order valence-corrected chi connectivity index (χ1v) is 7.87. The van der Waals surface area contributed by atoms with Crippen LogP contribution in [0.3, 0.4) is 0 Å². The highest BCUT2D eigenvalue weighted by Gasteiger charge is 2.25. The third-order valence-electron chi connectivity index (χ3n) is 4.36. The lowest BCUT2D eigenvalue weighted by atomic mass is 9.79. The molecule has 20 heavy (non-hydrogen) atoms. The van der Waals surface area contributed by atoms with Crippen LogP contribution in [-0.4, -0.2) is 12.6 Å². The molecule has 0 unspecified atom stereocenters. The molecule has 1 saturated carbocycles. The summed E-state index contributed by atoms with van der Waals surface area (Å²) in [6.07, 6.45) is 3.85. The lowest BCUT2D eigenvalue weighted by Gasteiger charge is -2.27. The molecule has 1 nitrogen and oxygen atoms in total. The molecule has 0 spiro atoms. The highest BCUT2D eigenvalue weighted by atomic mass is 35.5. The molecule has 2 heteroatoms. The van der Waals surface area contributed by atoms with Gasteiger partial charge in [0.05, 0.1) is 0 Å². The average molecular weight is 288 g/mol. The first-order chi connectivity index (χ1) is 9.58. The molecule has 0 amide bonds. The van der Waals surface area contributed by atoms with Gasteiger partial charge >= 0.3 is 0 Å². The lowest BCUT2D eigenvalue weighted by Crippen LogP contribution is -2.26. The van der Waals surface area contributed by atoms with E-state index in [1.807, 2.05) is 6.07 Å². The second-order valence-electron chi connectivity index (χ2n) is 6.50. The summed E-state index contributed by atoms with van der Waals surface area (Å²) in [7, 11) is 0. The number of hydrogen-bond donors (Lipinski definition) is 1. The van der Waals surface area contributed by atoms with Crippen molar-refractivity contribution >= 4 is 22.4 Å². The summed E-state index contributed by atoms with van der Waals surface area (Å²) in [5, 5.41) is 6.91. The van der Waals surface area contributed by atoms with Crippen molar-refractivity contribution in [3.8, 4) is 0 Å². The van der Waals surface area contributed by atoms with E-state index in [1.165, 1.54) is 23.8 Å². The zero-order valence-corrected chi connectivity index (χ0v) is 13.0. The molecule has 3 rings (SSSR count). The third-order valence-corrected chi connectivity index (χ3v) is 4.69. The Morgan fingerprint density at radius 2 is 1.80 bits per heavy atom. The zero-order valence-electron chi connectivity index (χ0n) is 12.2. The first kappa shape index (κ1) is 13.9. The van der Waals surface area contributed by atoms with E-state index in [0.717, 1.165) is 29.4 Å². The first-order valence-electron chi connectivity index (χ1n) is 7.49. The fraction of sp³-hybridized carbons (Fsp3) is 0.444. The topological polar surface area (TPSA) is 12.0 Å². The van der Waals surface area contributed by atoms with E-state index in [0.29, 0.717) is 0 Å². The molecule has 1 aliphatic carbocycles. The maximum atomic E-state index is 6.32. The van der Waals surface area contributed by atoms with Gasteiger partial charge < -0.3 is 5.32 Å². The normalized spacial score (nSPS) is 15.8. The maximum Gasteiger partial charge on any atom is 0.0484 e. The molecule has 1 fully saturated rings. The van der Waals surface area contributed by atoms with E-state index < -0.39 is 0 Å². The molecule has 1 aliphatic rings. The molecule has 106 valence electrons. The van der Waals surface area contributed by atoms with E-state index >= 15 is 0 Å². The number of hydrogen-bond acceptors (Lipinski definition) is 1. The summed E-state index contributed by atoms with van der Waals surface area (Å²) in [6, 6.07) is 13.5. The van der Waals surface area contributed by atoms with Crippen LogP contribution < -0.4 is 5.32 Å². The minimum absolute atomic E-state index is 0.159. The van der Waals surface area contributed by atoms with Crippen molar-refractivity contribution in [2.45, 2.75) is 44.6 Å². The van der Waals surface area contributed by atoms with Gasteiger partial charge in [0.15, 0.2) is 0 Å². The fourth-order valence-electron chi connectivity index (χ4n) is 2.86. The van der Waals surface area contributed by atoms with E-state index in [1.54, 1.807) is 0 Å². The zero-order chi connectivity index (χ0) is 14.2. The fourth-order valence-corrected chi connectivity index (χ4v) is 3.09. The van der Waals surface area contributed by atoms with Crippen LogP contribution in [-0.2, 0) is 5.41 Å². The van der Waals surface area contributed by atoms with Gasteiger partial charge in [-0.3, -0.25) is 0 Å². The van der Waals surface area contributed by atoms with Crippen molar-refractivity contribution in [1.82, 2.24) is 5.32 Å². The van der Waals surface area contributed by atoms with Gasteiger partial charge in [-0.1, -0.05) is 55.8 Å². The maximum absolute atomic E-state index is 6.32. The van der Waals surface area contributed by atoms with Gasteiger partial charge in [0, 0.05) is 16.5 Å². The largest absolute Gasteiger partial charge is 0.314 e. The van der Waals surface area contributed by atoms with Crippen LogP contribution in [0.2, 0.25) is 5.02 Å². The van der Waals surface area contributed by atoms with Crippen LogP contribution in [0.1, 0.15) is 38.7 Å². The second-order valence-corrected chi connectivity index (χ2v) is 6.91. The van der Waals surface area contributed by atoms with Crippen LogP contribution in [0, 0.1) is 0 Å². The molecule has 0 saturated heterocycles. The molecular weight excluding hydrogens is 266 g/mol. The van der Waals surface area contributed by atoms with Crippen molar-refractivity contribution in [2.24, 2.45) is 0 Å². The molecule has 0 atom stereocenters. The van der Waals surface area contributed by atoms with Gasteiger partial charge in [-0.25, -0.2) is 0 Å². The second kappa shape index (κ2) is 5.38.